The van der Waals surface area contributed by atoms with Crippen molar-refractivity contribution in [3.05, 3.63) is 83.9 Å². The monoisotopic (exact) mass is 553 g/mol. The molecule has 0 aliphatic carbocycles. The van der Waals surface area contributed by atoms with Gasteiger partial charge in [0, 0.05) is 28.7 Å². The molecular weight excluding hydrogens is 518 g/mol. The van der Waals surface area contributed by atoms with Crippen LogP contribution in [0, 0.1) is 6.92 Å². The van der Waals surface area contributed by atoms with Crippen LogP contribution in [-0.2, 0) is 16.0 Å². The number of fused-ring (bicyclic) bond motifs is 2. The number of amides is 2. The summed E-state index contributed by atoms with van der Waals surface area (Å²) in [7, 11) is 2.98. The van der Waals surface area contributed by atoms with Crippen LogP contribution < -0.4 is 15.4 Å². The van der Waals surface area contributed by atoms with Gasteiger partial charge in [-0.3, -0.25) is 4.79 Å². The Morgan fingerprint density at radius 3 is 2.61 bits per heavy atom. The SMILES string of the molecule is COC(=O)NCCCC[C@H](NC(=O)Cc1c(C)[nH]c2ccc(OC)cc12)c1ncc(-c2ccc3ccccc3c2)[nH]1. The van der Waals surface area contributed by atoms with Crippen LogP contribution in [0.1, 0.15) is 42.4 Å². The number of methoxy groups -OCH3 is 2. The molecule has 212 valence electrons. The number of aromatic nitrogens is 3. The summed E-state index contributed by atoms with van der Waals surface area (Å²) in [5.41, 5.74) is 4.76. The van der Waals surface area contributed by atoms with Gasteiger partial charge in [0.2, 0.25) is 5.91 Å². The van der Waals surface area contributed by atoms with Crippen LogP contribution in [0.3, 0.4) is 0 Å². The molecule has 0 saturated carbocycles. The molecule has 0 aliphatic heterocycles. The maximum atomic E-state index is 13.4. The van der Waals surface area contributed by atoms with Gasteiger partial charge in [0.1, 0.15) is 11.6 Å². The third kappa shape index (κ3) is 6.51. The summed E-state index contributed by atoms with van der Waals surface area (Å²) >= 11 is 0. The summed E-state index contributed by atoms with van der Waals surface area (Å²) in [6.45, 7) is 2.47. The molecule has 9 heteroatoms. The van der Waals surface area contributed by atoms with Crippen molar-refractivity contribution < 1.29 is 19.1 Å². The largest absolute Gasteiger partial charge is 0.497 e. The lowest BCUT2D eigenvalue weighted by molar-refractivity contribution is -0.121. The number of aryl methyl sites for hydroxylation is 1. The zero-order valence-corrected chi connectivity index (χ0v) is 23.5. The van der Waals surface area contributed by atoms with Gasteiger partial charge in [-0.25, -0.2) is 9.78 Å². The van der Waals surface area contributed by atoms with Gasteiger partial charge >= 0.3 is 6.09 Å². The maximum Gasteiger partial charge on any atom is 0.406 e. The summed E-state index contributed by atoms with van der Waals surface area (Å²) in [6.07, 6.45) is 3.74. The topological polar surface area (TPSA) is 121 Å². The second-order valence-corrected chi connectivity index (χ2v) is 10.1. The number of unbranched alkanes of at least 4 members (excludes halogenated alkanes) is 1. The van der Waals surface area contributed by atoms with E-state index in [4.69, 9.17) is 4.74 Å². The fraction of sp³-hybridized carbons (Fsp3) is 0.281. The number of carbonyl (C=O) groups excluding carboxylic acids is 2. The minimum Gasteiger partial charge on any atom is -0.497 e. The summed E-state index contributed by atoms with van der Waals surface area (Å²) in [5, 5.41) is 9.20. The van der Waals surface area contributed by atoms with Gasteiger partial charge in [-0.15, -0.1) is 0 Å². The van der Waals surface area contributed by atoms with Crippen molar-refractivity contribution in [1.82, 2.24) is 25.6 Å². The standard InChI is InChI=1S/C32H35N5O4/c1-20-25(26-17-24(40-2)13-14-27(26)35-20)18-30(38)36-28(10-6-7-15-33-32(39)41-3)31-34-19-29(37-31)23-12-11-21-8-4-5-9-22(21)16-23/h4-5,8-9,11-14,16-17,19,28,35H,6-7,10,15,18H2,1-3H3,(H,33,39)(H,34,37)(H,36,38)/t28-/m0/s1. The molecule has 0 unspecified atom stereocenters. The first-order valence-electron chi connectivity index (χ1n) is 13.8. The molecule has 5 aromatic rings. The van der Waals surface area contributed by atoms with E-state index in [0.29, 0.717) is 18.8 Å². The molecule has 0 bridgehead atoms. The number of rotatable bonds is 11. The molecule has 0 aliphatic rings. The van der Waals surface area contributed by atoms with Crippen molar-refractivity contribution in [2.75, 3.05) is 20.8 Å². The van der Waals surface area contributed by atoms with Crippen LogP contribution >= 0.6 is 0 Å². The van der Waals surface area contributed by atoms with Gasteiger partial charge in [0.25, 0.3) is 0 Å². The molecule has 41 heavy (non-hydrogen) atoms. The van der Waals surface area contributed by atoms with E-state index in [1.807, 2.05) is 43.5 Å². The first-order valence-corrected chi connectivity index (χ1v) is 13.8. The second kappa shape index (κ2) is 12.6. The smallest absolute Gasteiger partial charge is 0.406 e. The first-order chi connectivity index (χ1) is 19.9. The Morgan fingerprint density at radius 2 is 1.80 bits per heavy atom. The van der Waals surface area contributed by atoms with Gasteiger partial charge in [-0.1, -0.05) is 36.4 Å². The Morgan fingerprint density at radius 1 is 0.976 bits per heavy atom. The Kier molecular flexibility index (Phi) is 8.53. The van der Waals surface area contributed by atoms with Crippen molar-refractivity contribution in [3.63, 3.8) is 0 Å². The molecule has 2 amide bonds. The van der Waals surface area contributed by atoms with E-state index in [0.717, 1.165) is 57.4 Å². The Balaban J connectivity index is 1.34. The number of nitrogens with one attached hydrogen (secondary N) is 4. The van der Waals surface area contributed by atoms with E-state index in [1.165, 1.54) is 12.5 Å². The summed E-state index contributed by atoms with van der Waals surface area (Å²) in [4.78, 5) is 36.3. The summed E-state index contributed by atoms with van der Waals surface area (Å²) in [6, 6.07) is 20.0. The molecule has 3 aromatic carbocycles. The van der Waals surface area contributed by atoms with Crippen molar-refractivity contribution in [2.45, 2.75) is 38.6 Å². The summed E-state index contributed by atoms with van der Waals surface area (Å²) in [5.74, 6) is 1.34. The number of H-pyrrole nitrogens is 2. The molecule has 0 spiro atoms. The summed E-state index contributed by atoms with van der Waals surface area (Å²) < 4.78 is 10.0. The van der Waals surface area contributed by atoms with E-state index in [-0.39, 0.29) is 18.4 Å². The van der Waals surface area contributed by atoms with Gasteiger partial charge in [-0.05, 0) is 66.8 Å². The molecule has 2 heterocycles. The maximum absolute atomic E-state index is 13.4. The fourth-order valence-corrected chi connectivity index (χ4v) is 5.15. The van der Waals surface area contributed by atoms with E-state index in [2.05, 4.69) is 60.7 Å². The Bertz CT molecular complexity index is 1670. The number of hydrogen-bond donors (Lipinski definition) is 4. The minimum atomic E-state index is -0.452. The predicted molar refractivity (Wildman–Crippen MR) is 160 cm³/mol. The lowest BCUT2D eigenvalue weighted by Gasteiger charge is -2.17. The molecule has 5 rings (SSSR count). The Labute approximate surface area is 238 Å². The van der Waals surface area contributed by atoms with Crippen molar-refractivity contribution >= 4 is 33.7 Å². The van der Waals surface area contributed by atoms with Gasteiger partial charge in [-0.2, -0.15) is 0 Å². The van der Waals surface area contributed by atoms with E-state index < -0.39 is 6.09 Å². The highest BCUT2D eigenvalue weighted by atomic mass is 16.5. The van der Waals surface area contributed by atoms with Crippen LogP contribution in [0.15, 0.2) is 66.9 Å². The highest BCUT2D eigenvalue weighted by molar-refractivity contribution is 5.91. The molecule has 2 aromatic heterocycles. The zero-order valence-electron chi connectivity index (χ0n) is 23.5. The second-order valence-electron chi connectivity index (χ2n) is 10.1. The molecular formula is C32H35N5O4. The van der Waals surface area contributed by atoms with Gasteiger partial charge in [0.15, 0.2) is 0 Å². The zero-order chi connectivity index (χ0) is 28.8. The number of hydrogen-bond acceptors (Lipinski definition) is 5. The molecule has 0 radical (unpaired) electrons. The van der Waals surface area contributed by atoms with E-state index in [9.17, 15) is 9.59 Å². The molecule has 0 fully saturated rings. The molecule has 0 saturated heterocycles. The number of benzene rings is 3. The van der Waals surface area contributed by atoms with E-state index in [1.54, 1.807) is 7.11 Å². The van der Waals surface area contributed by atoms with Crippen molar-refractivity contribution in [2.24, 2.45) is 0 Å². The molecule has 1 atom stereocenters. The molecule has 4 N–H and O–H groups in total. The van der Waals surface area contributed by atoms with Crippen LogP contribution in [0.5, 0.6) is 5.75 Å². The van der Waals surface area contributed by atoms with Crippen LogP contribution in [0.25, 0.3) is 32.9 Å². The number of aromatic amines is 2. The molecule has 9 nitrogen and oxygen atoms in total. The quantitative estimate of drug-likeness (QED) is 0.151. The van der Waals surface area contributed by atoms with Gasteiger partial charge < -0.3 is 30.1 Å². The number of ether oxygens (including phenoxy) is 2. The van der Waals surface area contributed by atoms with Crippen LogP contribution in [0.4, 0.5) is 4.79 Å². The lowest BCUT2D eigenvalue weighted by atomic mass is 10.0. The first kappa shape index (κ1) is 27.8. The number of imidazole rings is 1. The predicted octanol–water partition coefficient (Wildman–Crippen LogP) is 5.95. The normalized spacial score (nSPS) is 11.9. The number of nitrogens with zero attached hydrogens (tertiary/aromatic N) is 1. The van der Waals surface area contributed by atoms with Crippen LogP contribution in [-0.4, -0.2) is 47.7 Å². The number of carbonyl (C=O) groups is 2. The van der Waals surface area contributed by atoms with Crippen molar-refractivity contribution in [3.8, 4) is 17.0 Å². The average Bonchev–Trinajstić information content (AvgIpc) is 3.60. The fourth-order valence-electron chi connectivity index (χ4n) is 5.15. The van der Waals surface area contributed by atoms with Crippen LogP contribution in [0.2, 0.25) is 0 Å². The van der Waals surface area contributed by atoms with E-state index >= 15 is 0 Å². The minimum absolute atomic E-state index is 0.0989. The number of alkyl carbamates (subject to hydrolysis) is 1. The lowest BCUT2D eigenvalue weighted by Crippen LogP contribution is -2.31. The van der Waals surface area contributed by atoms with Crippen molar-refractivity contribution in [1.29, 1.82) is 0 Å². The third-order valence-electron chi connectivity index (χ3n) is 7.36. The Hall–Kier alpha value is -4.79. The highest BCUT2D eigenvalue weighted by Gasteiger charge is 2.20. The average molecular weight is 554 g/mol. The third-order valence-corrected chi connectivity index (χ3v) is 7.36. The highest BCUT2D eigenvalue weighted by Crippen LogP contribution is 2.28. The van der Waals surface area contributed by atoms with Gasteiger partial charge in [0.05, 0.1) is 38.6 Å².